The van der Waals surface area contributed by atoms with Gasteiger partial charge < -0.3 is 24.9 Å². The Morgan fingerprint density at radius 1 is 1.22 bits per heavy atom. The average molecular weight is 326 g/mol. The number of alkyl carbamates (subject to hydrolysis) is 1. The second-order valence-electron chi connectivity index (χ2n) is 6.72. The van der Waals surface area contributed by atoms with Crippen molar-refractivity contribution in [1.82, 2.24) is 10.6 Å². The summed E-state index contributed by atoms with van der Waals surface area (Å²) in [5, 5.41) is 15.3. The zero-order chi connectivity index (χ0) is 17.5. The van der Waals surface area contributed by atoms with E-state index in [1.165, 1.54) is 0 Å². The summed E-state index contributed by atoms with van der Waals surface area (Å²) in [5.74, 6) is 1.31. The average Bonchev–Trinajstić information content (AvgIpc) is 2.94. The number of furan rings is 1. The van der Waals surface area contributed by atoms with E-state index in [0.29, 0.717) is 18.8 Å². The third-order valence-electron chi connectivity index (χ3n) is 3.83. The van der Waals surface area contributed by atoms with Crippen LogP contribution in [0.4, 0.5) is 4.79 Å². The molecule has 0 aliphatic carbocycles. The molecule has 3 N–H and O–H groups in total. The fraction of sp³-hybridized carbons (Fsp3) is 0.706. The molecule has 6 heteroatoms. The Morgan fingerprint density at radius 2 is 1.83 bits per heavy atom. The van der Waals surface area contributed by atoms with Crippen LogP contribution in [-0.2, 0) is 17.9 Å². The first-order valence-electron chi connectivity index (χ1n) is 8.14. The monoisotopic (exact) mass is 326 g/mol. The molecule has 1 amide bonds. The second-order valence-corrected chi connectivity index (χ2v) is 6.72. The summed E-state index contributed by atoms with van der Waals surface area (Å²) < 4.78 is 10.8. The first-order chi connectivity index (χ1) is 10.7. The molecular weight excluding hydrogens is 296 g/mol. The van der Waals surface area contributed by atoms with Crippen LogP contribution >= 0.6 is 0 Å². The largest absolute Gasteiger partial charge is 0.462 e. The molecule has 0 saturated heterocycles. The van der Waals surface area contributed by atoms with Gasteiger partial charge in [-0.05, 0) is 45.7 Å². The molecule has 1 aromatic rings. The first kappa shape index (κ1) is 19.5. The van der Waals surface area contributed by atoms with E-state index in [4.69, 9.17) is 14.3 Å². The van der Waals surface area contributed by atoms with Crippen molar-refractivity contribution in [2.24, 2.45) is 0 Å². The molecular formula is C17H30N2O4. The van der Waals surface area contributed by atoms with Gasteiger partial charge in [-0.25, -0.2) is 4.79 Å². The Labute approximate surface area is 138 Å². The summed E-state index contributed by atoms with van der Waals surface area (Å²) in [5.41, 5.74) is -0.740. The molecule has 0 saturated carbocycles. The Kier molecular flexibility index (Phi) is 7.09. The summed E-state index contributed by atoms with van der Waals surface area (Å²) in [4.78, 5) is 11.8. The van der Waals surface area contributed by atoms with Gasteiger partial charge in [-0.1, -0.05) is 13.8 Å². The number of aliphatic hydroxyl groups is 1. The van der Waals surface area contributed by atoms with Gasteiger partial charge >= 0.3 is 6.09 Å². The van der Waals surface area contributed by atoms with Gasteiger partial charge in [-0.3, -0.25) is 0 Å². The van der Waals surface area contributed by atoms with Crippen molar-refractivity contribution in [3.63, 3.8) is 0 Å². The number of hydrogen-bond donors (Lipinski definition) is 3. The second kappa shape index (κ2) is 8.36. The maximum Gasteiger partial charge on any atom is 0.407 e. The Morgan fingerprint density at radius 3 is 2.30 bits per heavy atom. The van der Waals surface area contributed by atoms with E-state index in [2.05, 4.69) is 24.5 Å². The molecule has 132 valence electrons. The maximum atomic E-state index is 11.8. The molecule has 23 heavy (non-hydrogen) atoms. The Balaban J connectivity index is 2.58. The number of ether oxygens (including phenoxy) is 1. The quantitative estimate of drug-likeness (QED) is 0.684. The SMILES string of the molecule is CCC(CC)(CNC(=O)OC(C)(C)C)NCc1ccc(CO)o1. The number of rotatable bonds is 8. The minimum atomic E-state index is -0.506. The van der Waals surface area contributed by atoms with Crippen LogP contribution in [0, 0.1) is 0 Å². The minimum Gasteiger partial charge on any atom is -0.462 e. The fourth-order valence-corrected chi connectivity index (χ4v) is 2.24. The van der Waals surface area contributed by atoms with Crippen LogP contribution in [0.3, 0.4) is 0 Å². The van der Waals surface area contributed by atoms with Gasteiger partial charge in [-0.15, -0.1) is 0 Å². The van der Waals surface area contributed by atoms with Gasteiger partial charge in [0.15, 0.2) is 0 Å². The van der Waals surface area contributed by atoms with Gasteiger partial charge in [0.1, 0.15) is 23.7 Å². The van der Waals surface area contributed by atoms with Crippen molar-refractivity contribution in [3.8, 4) is 0 Å². The highest BCUT2D eigenvalue weighted by molar-refractivity contribution is 5.67. The number of aliphatic hydroxyl groups excluding tert-OH is 1. The molecule has 0 spiro atoms. The van der Waals surface area contributed by atoms with Gasteiger partial charge in [-0.2, -0.15) is 0 Å². The zero-order valence-corrected chi connectivity index (χ0v) is 14.9. The lowest BCUT2D eigenvalue weighted by molar-refractivity contribution is 0.0506. The highest BCUT2D eigenvalue weighted by Gasteiger charge is 2.27. The van der Waals surface area contributed by atoms with Crippen LogP contribution in [0.5, 0.6) is 0 Å². The smallest absolute Gasteiger partial charge is 0.407 e. The third-order valence-corrected chi connectivity index (χ3v) is 3.83. The van der Waals surface area contributed by atoms with E-state index < -0.39 is 11.7 Å². The van der Waals surface area contributed by atoms with Gasteiger partial charge in [0.25, 0.3) is 0 Å². The first-order valence-corrected chi connectivity index (χ1v) is 8.14. The molecule has 6 nitrogen and oxygen atoms in total. The van der Waals surface area contributed by atoms with Gasteiger partial charge in [0, 0.05) is 12.1 Å². The van der Waals surface area contributed by atoms with Crippen molar-refractivity contribution in [1.29, 1.82) is 0 Å². The van der Waals surface area contributed by atoms with Crippen LogP contribution < -0.4 is 10.6 Å². The molecule has 0 atom stereocenters. The van der Waals surface area contributed by atoms with Crippen molar-refractivity contribution >= 4 is 6.09 Å². The van der Waals surface area contributed by atoms with E-state index >= 15 is 0 Å². The molecule has 1 rings (SSSR count). The summed E-state index contributed by atoms with van der Waals surface area (Å²) >= 11 is 0. The van der Waals surface area contributed by atoms with Gasteiger partial charge in [0.05, 0.1) is 6.54 Å². The van der Waals surface area contributed by atoms with Crippen LogP contribution in [0.15, 0.2) is 16.5 Å². The normalized spacial score (nSPS) is 12.3. The highest BCUT2D eigenvalue weighted by atomic mass is 16.6. The zero-order valence-electron chi connectivity index (χ0n) is 14.9. The predicted octanol–water partition coefficient (Wildman–Crippen LogP) is 2.95. The molecule has 0 unspecified atom stereocenters. The molecule has 1 aromatic heterocycles. The molecule has 1 heterocycles. The van der Waals surface area contributed by atoms with Gasteiger partial charge in [0.2, 0.25) is 0 Å². The number of nitrogens with one attached hydrogen (secondary N) is 2. The number of carbonyl (C=O) groups is 1. The van der Waals surface area contributed by atoms with Crippen LogP contribution in [0.1, 0.15) is 59.0 Å². The van der Waals surface area contributed by atoms with Crippen molar-refractivity contribution < 1.29 is 19.1 Å². The summed E-state index contributed by atoms with van der Waals surface area (Å²) in [6.45, 7) is 10.6. The lowest BCUT2D eigenvalue weighted by Crippen LogP contribution is -2.53. The molecule has 0 aromatic carbocycles. The summed E-state index contributed by atoms with van der Waals surface area (Å²) in [6, 6.07) is 3.60. The molecule has 0 radical (unpaired) electrons. The lowest BCUT2D eigenvalue weighted by Gasteiger charge is -2.33. The van der Waals surface area contributed by atoms with Crippen LogP contribution in [0.25, 0.3) is 0 Å². The minimum absolute atomic E-state index is 0.104. The number of amides is 1. The van der Waals surface area contributed by atoms with Crippen LogP contribution in [0.2, 0.25) is 0 Å². The standard InChI is InChI=1S/C17H30N2O4/c1-6-17(7-2,12-18-15(21)23-16(3,4)5)19-10-13-8-9-14(11-20)22-13/h8-9,19-20H,6-7,10-12H2,1-5H3,(H,18,21). The maximum absolute atomic E-state index is 11.8. The van der Waals surface area contributed by atoms with E-state index in [-0.39, 0.29) is 12.1 Å². The van der Waals surface area contributed by atoms with E-state index in [1.807, 2.05) is 26.8 Å². The topological polar surface area (TPSA) is 83.7 Å². The highest BCUT2D eigenvalue weighted by Crippen LogP contribution is 2.17. The Bertz CT molecular complexity index is 487. The third kappa shape index (κ3) is 6.62. The van der Waals surface area contributed by atoms with Crippen molar-refractivity contribution in [3.05, 3.63) is 23.7 Å². The van der Waals surface area contributed by atoms with Crippen molar-refractivity contribution in [2.45, 2.75) is 71.8 Å². The molecule has 0 aliphatic heterocycles. The Hall–Kier alpha value is -1.53. The summed E-state index contributed by atoms with van der Waals surface area (Å²) in [6.07, 6.45) is 1.30. The van der Waals surface area contributed by atoms with E-state index in [1.54, 1.807) is 6.07 Å². The fourth-order valence-electron chi connectivity index (χ4n) is 2.24. The molecule has 0 fully saturated rings. The van der Waals surface area contributed by atoms with Crippen molar-refractivity contribution in [2.75, 3.05) is 6.54 Å². The van der Waals surface area contributed by atoms with Crippen LogP contribution in [-0.4, -0.2) is 28.9 Å². The van der Waals surface area contributed by atoms with E-state index in [9.17, 15) is 4.79 Å². The molecule has 0 aliphatic rings. The molecule has 0 bridgehead atoms. The predicted molar refractivity (Wildman–Crippen MR) is 89.0 cm³/mol. The van der Waals surface area contributed by atoms with E-state index in [0.717, 1.165) is 18.6 Å². The summed E-state index contributed by atoms with van der Waals surface area (Å²) in [7, 11) is 0. The number of carbonyl (C=O) groups excluding carboxylic acids is 1. The lowest BCUT2D eigenvalue weighted by atomic mass is 9.92. The number of hydrogen-bond acceptors (Lipinski definition) is 5.